The molecule has 10 nitrogen and oxygen atoms in total. The molecule has 2 aliphatic rings. The summed E-state index contributed by atoms with van der Waals surface area (Å²) in [7, 11) is -2.10. The molecule has 0 unspecified atom stereocenters. The Labute approximate surface area is 155 Å². The number of carbonyl (C=O) groups is 2. The van der Waals surface area contributed by atoms with Gasteiger partial charge in [-0.1, -0.05) is 0 Å². The number of phenolic OH excluding ortho intramolecular Hbond substituents is 1. The summed E-state index contributed by atoms with van der Waals surface area (Å²) in [5.41, 5.74) is 0.610. The molecule has 0 aliphatic carbocycles. The Kier molecular flexibility index (Phi) is 4.74. The van der Waals surface area contributed by atoms with Gasteiger partial charge in [0.05, 0.1) is 31.5 Å². The topological polar surface area (TPSA) is 142 Å². The molecular formula is C16H18N2O8S. The molecule has 1 aromatic rings. The van der Waals surface area contributed by atoms with Crippen LogP contribution in [0, 0.1) is 0 Å². The zero-order valence-corrected chi connectivity index (χ0v) is 15.3. The SMILES string of the molecule is COC(=O)/C=C1/C[C@H]2[C@@H](S(=O)(=O)O)Nc3cc(O)c(OC)cc3C(=O)N2C1. The third kappa shape index (κ3) is 3.43. The first-order valence-corrected chi connectivity index (χ1v) is 9.38. The van der Waals surface area contributed by atoms with Gasteiger partial charge in [-0.05, 0) is 18.1 Å². The van der Waals surface area contributed by atoms with Crippen LogP contribution in [0.4, 0.5) is 5.69 Å². The van der Waals surface area contributed by atoms with Crippen molar-refractivity contribution < 1.29 is 37.1 Å². The van der Waals surface area contributed by atoms with E-state index in [0.717, 1.165) is 6.07 Å². The number of methoxy groups -OCH3 is 2. The molecule has 1 amide bonds. The number of amides is 1. The second-order valence-corrected chi connectivity index (χ2v) is 7.72. The number of benzene rings is 1. The number of fused-ring (bicyclic) bond motifs is 2. The molecule has 0 saturated carbocycles. The minimum atomic E-state index is -4.62. The van der Waals surface area contributed by atoms with Crippen LogP contribution < -0.4 is 10.1 Å². The fraction of sp³-hybridized carbons (Fsp3) is 0.375. The molecule has 11 heteroatoms. The molecule has 3 N–H and O–H groups in total. The highest BCUT2D eigenvalue weighted by molar-refractivity contribution is 7.86. The van der Waals surface area contributed by atoms with E-state index in [1.54, 1.807) is 0 Å². The molecule has 2 aliphatic heterocycles. The molecule has 2 atom stereocenters. The Morgan fingerprint density at radius 2 is 2.07 bits per heavy atom. The van der Waals surface area contributed by atoms with Crippen molar-refractivity contribution in [2.45, 2.75) is 17.8 Å². The number of carbonyl (C=O) groups excluding carboxylic acids is 2. The number of nitrogens with one attached hydrogen (secondary N) is 1. The van der Waals surface area contributed by atoms with Gasteiger partial charge in [0.1, 0.15) is 0 Å². The summed E-state index contributed by atoms with van der Waals surface area (Å²) >= 11 is 0. The lowest BCUT2D eigenvalue weighted by atomic mass is 10.1. The Hall–Kier alpha value is -2.79. The number of phenols is 1. The molecular weight excluding hydrogens is 380 g/mol. The van der Waals surface area contributed by atoms with Gasteiger partial charge in [-0.25, -0.2) is 4.79 Å². The van der Waals surface area contributed by atoms with E-state index in [0.29, 0.717) is 5.57 Å². The van der Waals surface area contributed by atoms with Crippen LogP contribution in [-0.2, 0) is 19.6 Å². The highest BCUT2D eigenvalue weighted by atomic mass is 32.2. The Morgan fingerprint density at radius 3 is 2.67 bits per heavy atom. The number of aromatic hydroxyl groups is 1. The Bertz CT molecular complexity index is 940. The van der Waals surface area contributed by atoms with Gasteiger partial charge in [0.25, 0.3) is 16.0 Å². The predicted octanol–water partition coefficient (Wildman–Crippen LogP) is 0.354. The van der Waals surface area contributed by atoms with Crippen LogP contribution in [0.5, 0.6) is 11.5 Å². The maximum absolute atomic E-state index is 13.0. The van der Waals surface area contributed by atoms with Gasteiger partial charge >= 0.3 is 5.97 Å². The largest absolute Gasteiger partial charge is 0.504 e. The van der Waals surface area contributed by atoms with Crippen LogP contribution in [0.2, 0.25) is 0 Å². The molecule has 1 saturated heterocycles. The van der Waals surface area contributed by atoms with E-state index < -0.39 is 33.4 Å². The fourth-order valence-corrected chi connectivity index (χ4v) is 4.22. The van der Waals surface area contributed by atoms with Gasteiger partial charge in [0.2, 0.25) is 0 Å². The molecule has 146 valence electrons. The monoisotopic (exact) mass is 398 g/mol. The summed E-state index contributed by atoms with van der Waals surface area (Å²) < 4.78 is 43.2. The number of hydrogen-bond donors (Lipinski definition) is 3. The molecule has 2 heterocycles. The van der Waals surface area contributed by atoms with E-state index in [1.807, 2.05) is 0 Å². The smallest absolute Gasteiger partial charge is 0.330 e. The van der Waals surface area contributed by atoms with E-state index in [1.165, 1.54) is 31.3 Å². The second-order valence-electron chi connectivity index (χ2n) is 6.18. The lowest BCUT2D eigenvalue weighted by Gasteiger charge is -2.26. The van der Waals surface area contributed by atoms with E-state index in [4.69, 9.17) is 4.74 Å². The molecule has 3 rings (SSSR count). The summed E-state index contributed by atoms with van der Waals surface area (Å²) in [6, 6.07) is 1.49. The standard InChI is InChI=1S/C16H18N2O8S/c1-25-13-5-9-10(6-12(13)19)17-15(27(22,23)24)11-3-8(4-14(20)26-2)7-18(11)16(9)21/h4-6,11,15,17,19H,3,7H2,1-2H3,(H,22,23,24)/b8-4-/t11-,15+/m0/s1. The van der Waals surface area contributed by atoms with Crippen LogP contribution in [0.15, 0.2) is 23.8 Å². The van der Waals surface area contributed by atoms with Crippen LogP contribution in [0.25, 0.3) is 0 Å². The number of ether oxygens (including phenoxy) is 2. The molecule has 27 heavy (non-hydrogen) atoms. The predicted molar refractivity (Wildman–Crippen MR) is 93.2 cm³/mol. The Balaban J connectivity index is 2.12. The highest BCUT2D eigenvalue weighted by Crippen LogP contribution is 2.39. The quantitative estimate of drug-likeness (QED) is 0.373. The van der Waals surface area contributed by atoms with Crippen molar-refractivity contribution in [1.29, 1.82) is 0 Å². The molecule has 0 bridgehead atoms. The maximum atomic E-state index is 13.0. The zero-order chi connectivity index (χ0) is 19.9. The van der Waals surface area contributed by atoms with Crippen molar-refractivity contribution in [3.05, 3.63) is 29.3 Å². The van der Waals surface area contributed by atoms with Crippen molar-refractivity contribution >= 4 is 27.7 Å². The van der Waals surface area contributed by atoms with Crippen molar-refractivity contribution in [2.75, 3.05) is 26.1 Å². The molecule has 1 aromatic carbocycles. The average Bonchev–Trinajstić information content (AvgIpc) is 2.96. The summed E-state index contributed by atoms with van der Waals surface area (Å²) in [4.78, 5) is 25.7. The summed E-state index contributed by atoms with van der Waals surface area (Å²) in [6.45, 7) is -0.00503. The number of hydrogen-bond acceptors (Lipinski definition) is 8. The van der Waals surface area contributed by atoms with Crippen molar-refractivity contribution in [1.82, 2.24) is 4.90 Å². The number of esters is 1. The van der Waals surface area contributed by atoms with Crippen LogP contribution in [-0.4, -0.2) is 67.0 Å². The minimum absolute atomic E-state index is 0.00503. The van der Waals surface area contributed by atoms with Crippen molar-refractivity contribution in [3.8, 4) is 11.5 Å². The Morgan fingerprint density at radius 1 is 1.37 bits per heavy atom. The molecule has 0 spiro atoms. The van der Waals surface area contributed by atoms with Gasteiger partial charge in [0, 0.05) is 18.7 Å². The maximum Gasteiger partial charge on any atom is 0.330 e. The number of anilines is 1. The third-order valence-electron chi connectivity index (χ3n) is 4.55. The van der Waals surface area contributed by atoms with Gasteiger partial charge in [0.15, 0.2) is 16.9 Å². The van der Waals surface area contributed by atoms with Crippen LogP contribution in [0.1, 0.15) is 16.8 Å². The van der Waals surface area contributed by atoms with E-state index in [9.17, 15) is 27.7 Å². The lowest BCUT2D eigenvalue weighted by molar-refractivity contribution is -0.134. The second kappa shape index (κ2) is 6.74. The average molecular weight is 398 g/mol. The van der Waals surface area contributed by atoms with Crippen molar-refractivity contribution in [2.24, 2.45) is 0 Å². The van der Waals surface area contributed by atoms with Gasteiger partial charge in [-0.15, -0.1) is 0 Å². The third-order valence-corrected chi connectivity index (χ3v) is 5.62. The van der Waals surface area contributed by atoms with Gasteiger partial charge < -0.3 is 24.8 Å². The first-order valence-electron chi connectivity index (χ1n) is 7.88. The van der Waals surface area contributed by atoms with E-state index >= 15 is 0 Å². The molecule has 0 radical (unpaired) electrons. The first-order chi connectivity index (χ1) is 12.7. The number of nitrogens with zero attached hydrogens (tertiary/aromatic N) is 1. The van der Waals surface area contributed by atoms with Gasteiger partial charge in [-0.3, -0.25) is 9.35 Å². The zero-order valence-electron chi connectivity index (χ0n) is 14.5. The van der Waals surface area contributed by atoms with E-state index in [-0.39, 0.29) is 35.7 Å². The molecule has 1 fully saturated rings. The fourth-order valence-electron chi connectivity index (χ4n) is 3.31. The first kappa shape index (κ1) is 19.0. The van der Waals surface area contributed by atoms with Crippen LogP contribution >= 0.6 is 0 Å². The van der Waals surface area contributed by atoms with Gasteiger partial charge in [-0.2, -0.15) is 8.42 Å². The minimum Gasteiger partial charge on any atom is -0.504 e. The summed E-state index contributed by atoms with van der Waals surface area (Å²) in [5, 5.41) is 11.0. The summed E-state index contributed by atoms with van der Waals surface area (Å²) in [5.74, 6) is -1.41. The molecule has 0 aromatic heterocycles. The highest BCUT2D eigenvalue weighted by Gasteiger charge is 2.46. The lowest BCUT2D eigenvalue weighted by Crippen LogP contribution is -2.47. The van der Waals surface area contributed by atoms with Crippen LogP contribution in [0.3, 0.4) is 0 Å². The normalized spacial score (nSPS) is 23.3. The summed E-state index contributed by atoms with van der Waals surface area (Å²) in [6.07, 6.45) is 1.25. The van der Waals surface area contributed by atoms with E-state index in [2.05, 4.69) is 10.1 Å². The van der Waals surface area contributed by atoms with Crippen molar-refractivity contribution in [3.63, 3.8) is 0 Å². The number of rotatable bonds is 3.